The number of aliphatic hydroxyl groups is 1. The van der Waals surface area contributed by atoms with Gasteiger partial charge < -0.3 is 14.4 Å². The minimum absolute atomic E-state index is 0.186. The van der Waals surface area contributed by atoms with Gasteiger partial charge in [0.2, 0.25) is 0 Å². The lowest BCUT2D eigenvalue weighted by Gasteiger charge is -2.21. The fourth-order valence-electron chi connectivity index (χ4n) is 2.87. The topological polar surface area (TPSA) is 47.3 Å². The van der Waals surface area contributed by atoms with Crippen LogP contribution in [0.3, 0.4) is 0 Å². The summed E-state index contributed by atoms with van der Waals surface area (Å²) in [6, 6.07) is 6.28. The minimum Gasteiger partial charge on any atom is -0.396 e. The molecule has 1 aromatic carbocycles. The van der Waals surface area contributed by atoms with E-state index in [1.165, 1.54) is 11.3 Å². The second-order valence-corrected chi connectivity index (χ2v) is 5.21. The fraction of sp³-hybridized carbons (Fsp3) is 0.533. The number of aromatic nitrogens is 2. The van der Waals surface area contributed by atoms with Crippen molar-refractivity contribution in [2.75, 3.05) is 19.8 Å². The molecule has 0 amide bonds. The monoisotopic (exact) mass is 260 g/mol. The van der Waals surface area contributed by atoms with E-state index in [0.717, 1.165) is 37.1 Å². The van der Waals surface area contributed by atoms with Gasteiger partial charge in [-0.15, -0.1) is 0 Å². The van der Waals surface area contributed by atoms with Crippen LogP contribution in [0.15, 0.2) is 18.2 Å². The van der Waals surface area contributed by atoms with Gasteiger partial charge in [-0.1, -0.05) is 6.07 Å². The maximum atomic E-state index is 9.02. The van der Waals surface area contributed by atoms with E-state index in [9.17, 15) is 0 Å². The average Bonchev–Trinajstić information content (AvgIpc) is 2.77. The highest BCUT2D eigenvalue weighted by Gasteiger charge is 2.21. The van der Waals surface area contributed by atoms with Crippen molar-refractivity contribution in [3.8, 4) is 0 Å². The molecule has 0 saturated carbocycles. The van der Waals surface area contributed by atoms with Gasteiger partial charge in [0.15, 0.2) is 0 Å². The molecule has 0 aliphatic carbocycles. The Labute approximate surface area is 113 Å². The first-order chi connectivity index (χ1) is 9.29. The molecular weight excluding hydrogens is 240 g/mol. The molecule has 2 heterocycles. The van der Waals surface area contributed by atoms with Crippen LogP contribution < -0.4 is 0 Å². The van der Waals surface area contributed by atoms with Crippen LogP contribution in [0.5, 0.6) is 0 Å². The summed E-state index contributed by atoms with van der Waals surface area (Å²) in [6.45, 7) is 1.86. The summed E-state index contributed by atoms with van der Waals surface area (Å²) in [6.07, 6.45) is 2.81. The highest BCUT2D eigenvalue weighted by Crippen LogP contribution is 2.28. The molecule has 1 fully saturated rings. The number of hydrogen-bond acceptors (Lipinski definition) is 3. The Bertz CT molecular complexity index is 571. The average molecular weight is 260 g/mol. The largest absolute Gasteiger partial charge is 0.396 e. The van der Waals surface area contributed by atoms with Gasteiger partial charge in [-0.3, -0.25) is 0 Å². The second-order valence-electron chi connectivity index (χ2n) is 5.21. The summed E-state index contributed by atoms with van der Waals surface area (Å²) >= 11 is 0. The molecule has 0 spiro atoms. The Balaban J connectivity index is 1.98. The molecule has 1 aliphatic rings. The van der Waals surface area contributed by atoms with Gasteiger partial charge in [0.05, 0.1) is 11.0 Å². The molecule has 0 radical (unpaired) electrons. The number of nitrogens with zero attached hydrogens (tertiary/aromatic N) is 2. The van der Waals surface area contributed by atoms with Crippen LogP contribution >= 0.6 is 0 Å². The van der Waals surface area contributed by atoms with E-state index in [4.69, 9.17) is 14.8 Å². The molecule has 0 atom stereocenters. The predicted molar refractivity (Wildman–Crippen MR) is 74.3 cm³/mol. The van der Waals surface area contributed by atoms with E-state index in [0.29, 0.717) is 12.3 Å². The molecule has 2 aromatic rings. The molecule has 0 unspecified atom stereocenters. The van der Waals surface area contributed by atoms with Crippen molar-refractivity contribution in [2.45, 2.75) is 25.2 Å². The molecule has 1 aliphatic heterocycles. The van der Waals surface area contributed by atoms with E-state index in [2.05, 4.69) is 29.8 Å². The first-order valence-corrected chi connectivity index (χ1v) is 6.93. The van der Waals surface area contributed by atoms with Crippen molar-refractivity contribution in [1.29, 1.82) is 0 Å². The minimum atomic E-state index is 0.186. The van der Waals surface area contributed by atoms with Crippen LogP contribution in [-0.2, 0) is 18.2 Å². The summed E-state index contributed by atoms with van der Waals surface area (Å²) in [7, 11) is 2.09. The van der Waals surface area contributed by atoms with Gasteiger partial charge in [0, 0.05) is 32.8 Å². The lowest BCUT2D eigenvalue weighted by Crippen LogP contribution is -2.17. The SMILES string of the molecule is Cn1c(C2CCOCC2)nc2cc(CCO)ccc21. The third kappa shape index (κ3) is 2.38. The zero-order valence-electron chi connectivity index (χ0n) is 11.3. The van der Waals surface area contributed by atoms with Crippen LogP contribution in [0, 0.1) is 0 Å². The van der Waals surface area contributed by atoms with E-state index < -0.39 is 0 Å². The normalized spacial score (nSPS) is 17.2. The Kier molecular flexibility index (Phi) is 3.53. The van der Waals surface area contributed by atoms with Crippen LogP contribution in [0.4, 0.5) is 0 Å². The summed E-state index contributed by atoms with van der Waals surface area (Å²) < 4.78 is 7.62. The third-order valence-electron chi connectivity index (χ3n) is 3.97. The highest BCUT2D eigenvalue weighted by atomic mass is 16.5. The number of benzene rings is 1. The van der Waals surface area contributed by atoms with Crippen molar-refractivity contribution in [2.24, 2.45) is 7.05 Å². The number of fused-ring (bicyclic) bond motifs is 1. The predicted octanol–water partition coefficient (Wildman–Crippen LogP) is 2.00. The molecule has 19 heavy (non-hydrogen) atoms. The van der Waals surface area contributed by atoms with E-state index in [1.807, 2.05) is 0 Å². The number of aryl methyl sites for hydroxylation is 1. The third-order valence-corrected chi connectivity index (χ3v) is 3.97. The first-order valence-electron chi connectivity index (χ1n) is 6.93. The molecule has 3 rings (SSSR count). The maximum Gasteiger partial charge on any atom is 0.112 e. The van der Waals surface area contributed by atoms with Crippen molar-refractivity contribution >= 4 is 11.0 Å². The number of aliphatic hydroxyl groups excluding tert-OH is 1. The van der Waals surface area contributed by atoms with Gasteiger partial charge >= 0.3 is 0 Å². The number of rotatable bonds is 3. The van der Waals surface area contributed by atoms with E-state index in [-0.39, 0.29) is 6.61 Å². The molecule has 4 nitrogen and oxygen atoms in total. The lowest BCUT2D eigenvalue weighted by atomic mass is 9.99. The summed E-state index contributed by atoms with van der Waals surface area (Å²) in [5.74, 6) is 1.67. The highest BCUT2D eigenvalue weighted by molar-refractivity contribution is 5.77. The van der Waals surface area contributed by atoms with Crippen LogP contribution in [0.2, 0.25) is 0 Å². The van der Waals surface area contributed by atoms with Gasteiger partial charge in [-0.2, -0.15) is 0 Å². The van der Waals surface area contributed by atoms with Gasteiger partial charge in [-0.25, -0.2) is 4.98 Å². The lowest BCUT2D eigenvalue weighted by molar-refractivity contribution is 0.0831. The molecular formula is C15H20N2O2. The molecule has 1 N–H and O–H groups in total. The molecule has 0 bridgehead atoms. The van der Waals surface area contributed by atoms with Crippen molar-refractivity contribution < 1.29 is 9.84 Å². The van der Waals surface area contributed by atoms with E-state index in [1.54, 1.807) is 0 Å². The summed E-state index contributed by atoms with van der Waals surface area (Å²) in [4.78, 5) is 4.80. The molecule has 4 heteroatoms. The number of ether oxygens (including phenoxy) is 1. The van der Waals surface area contributed by atoms with Crippen molar-refractivity contribution in [3.63, 3.8) is 0 Å². The van der Waals surface area contributed by atoms with Crippen molar-refractivity contribution in [3.05, 3.63) is 29.6 Å². The van der Waals surface area contributed by atoms with Crippen LogP contribution in [-0.4, -0.2) is 34.5 Å². The molecule has 1 saturated heterocycles. The zero-order chi connectivity index (χ0) is 13.2. The summed E-state index contributed by atoms with van der Waals surface area (Å²) in [5, 5.41) is 9.02. The van der Waals surface area contributed by atoms with Crippen LogP contribution in [0.25, 0.3) is 11.0 Å². The zero-order valence-corrected chi connectivity index (χ0v) is 11.3. The van der Waals surface area contributed by atoms with Gasteiger partial charge in [0.25, 0.3) is 0 Å². The molecule has 1 aromatic heterocycles. The smallest absolute Gasteiger partial charge is 0.112 e. The van der Waals surface area contributed by atoms with Crippen molar-refractivity contribution in [1.82, 2.24) is 9.55 Å². The number of imidazole rings is 1. The Morgan fingerprint density at radius 1 is 1.37 bits per heavy atom. The second kappa shape index (κ2) is 5.31. The number of hydrogen-bond donors (Lipinski definition) is 1. The standard InChI is InChI=1S/C15H20N2O2/c1-17-14-3-2-11(4-7-18)10-13(14)16-15(17)12-5-8-19-9-6-12/h2-3,10,12,18H,4-9H2,1H3. The molecule has 102 valence electrons. The first kappa shape index (κ1) is 12.6. The van der Waals surface area contributed by atoms with Gasteiger partial charge in [-0.05, 0) is 37.0 Å². The van der Waals surface area contributed by atoms with Crippen LogP contribution in [0.1, 0.15) is 30.1 Å². The maximum absolute atomic E-state index is 9.02. The fourth-order valence-corrected chi connectivity index (χ4v) is 2.87. The quantitative estimate of drug-likeness (QED) is 0.918. The Hall–Kier alpha value is -1.39. The summed E-state index contributed by atoms with van der Waals surface area (Å²) in [5.41, 5.74) is 3.35. The van der Waals surface area contributed by atoms with Gasteiger partial charge in [0.1, 0.15) is 5.82 Å². The Morgan fingerprint density at radius 3 is 2.89 bits per heavy atom. The Morgan fingerprint density at radius 2 is 2.16 bits per heavy atom. The van der Waals surface area contributed by atoms with E-state index >= 15 is 0 Å².